The molecule has 1 unspecified atom stereocenters. The van der Waals surface area contributed by atoms with Crippen molar-refractivity contribution >= 4 is 22.9 Å². The topological polar surface area (TPSA) is 96.2 Å². The number of carbonyl (C=O) groups excluding carboxylic acids is 1. The highest BCUT2D eigenvalue weighted by Crippen LogP contribution is 2.30. The van der Waals surface area contributed by atoms with Crippen molar-refractivity contribution in [3.8, 4) is 5.75 Å². The van der Waals surface area contributed by atoms with Crippen LogP contribution in [0.3, 0.4) is 0 Å². The molecular formula is C14H20N4O2. The van der Waals surface area contributed by atoms with Crippen molar-refractivity contribution in [1.82, 2.24) is 9.55 Å². The summed E-state index contributed by atoms with van der Waals surface area (Å²) in [6.45, 7) is 5.79. The Morgan fingerprint density at radius 1 is 1.40 bits per heavy atom. The maximum Gasteiger partial charge on any atom is 0.219 e. The van der Waals surface area contributed by atoms with Gasteiger partial charge in [-0.3, -0.25) is 4.79 Å². The molecule has 1 atom stereocenters. The van der Waals surface area contributed by atoms with Gasteiger partial charge in [-0.1, -0.05) is 6.07 Å². The van der Waals surface area contributed by atoms with E-state index in [-0.39, 0.29) is 24.5 Å². The summed E-state index contributed by atoms with van der Waals surface area (Å²) in [6.07, 6.45) is 0.264. The second-order valence-corrected chi connectivity index (χ2v) is 5.15. The first kappa shape index (κ1) is 14.2. The number of anilines is 1. The highest BCUT2D eigenvalue weighted by molar-refractivity contribution is 5.85. The number of imidazole rings is 1. The van der Waals surface area contributed by atoms with Crippen LogP contribution in [-0.4, -0.2) is 21.6 Å². The van der Waals surface area contributed by atoms with Crippen LogP contribution in [0.25, 0.3) is 11.0 Å². The molecule has 0 aliphatic rings. The fourth-order valence-corrected chi connectivity index (χ4v) is 2.30. The van der Waals surface area contributed by atoms with Gasteiger partial charge in [0.1, 0.15) is 11.3 Å². The molecule has 108 valence electrons. The average Bonchev–Trinajstić information content (AvgIpc) is 2.64. The van der Waals surface area contributed by atoms with Crippen LogP contribution in [0.1, 0.15) is 33.2 Å². The summed E-state index contributed by atoms with van der Waals surface area (Å²) in [4.78, 5) is 15.4. The van der Waals surface area contributed by atoms with Crippen molar-refractivity contribution < 1.29 is 9.53 Å². The Balaban J connectivity index is 2.51. The van der Waals surface area contributed by atoms with Gasteiger partial charge in [-0.15, -0.1) is 0 Å². The number of primary amides is 1. The quantitative estimate of drug-likeness (QED) is 0.870. The lowest BCUT2D eigenvalue weighted by molar-refractivity contribution is -0.118. The van der Waals surface area contributed by atoms with E-state index in [4.69, 9.17) is 16.2 Å². The number of para-hydroxylation sites is 1. The normalized spacial score (nSPS) is 12.8. The summed E-state index contributed by atoms with van der Waals surface area (Å²) in [5.41, 5.74) is 12.8. The molecule has 2 rings (SSSR count). The Hall–Kier alpha value is -2.24. The molecule has 6 heteroatoms. The minimum absolute atomic E-state index is 0.0509. The molecule has 6 nitrogen and oxygen atoms in total. The van der Waals surface area contributed by atoms with E-state index in [9.17, 15) is 4.79 Å². The summed E-state index contributed by atoms with van der Waals surface area (Å²) in [5, 5.41) is 0. The summed E-state index contributed by atoms with van der Waals surface area (Å²) in [7, 11) is 0. The van der Waals surface area contributed by atoms with Crippen LogP contribution in [0.2, 0.25) is 0 Å². The molecule has 0 bridgehead atoms. The number of benzene rings is 1. The zero-order valence-corrected chi connectivity index (χ0v) is 12.0. The molecule has 0 aliphatic heterocycles. The minimum atomic E-state index is -0.367. The van der Waals surface area contributed by atoms with Gasteiger partial charge in [-0.25, -0.2) is 4.98 Å². The molecular weight excluding hydrogens is 256 g/mol. The molecule has 4 N–H and O–H groups in total. The Morgan fingerprint density at radius 3 is 2.70 bits per heavy atom. The number of aromatic nitrogens is 2. The van der Waals surface area contributed by atoms with E-state index in [2.05, 4.69) is 4.98 Å². The van der Waals surface area contributed by atoms with Gasteiger partial charge in [-0.05, 0) is 32.9 Å². The van der Waals surface area contributed by atoms with Crippen molar-refractivity contribution in [3.05, 3.63) is 18.2 Å². The Bertz CT molecular complexity index is 633. The van der Waals surface area contributed by atoms with Gasteiger partial charge in [0, 0.05) is 12.5 Å². The van der Waals surface area contributed by atoms with Crippen molar-refractivity contribution in [2.45, 2.75) is 39.3 Å². The van der Waals surface area contributed by atoms with Crippen molar-refractivity contribution in [3.63, 3.8) is 0 Å². The largest absolute Gasteiger partial charge is 0.489 e. The molecule has 1 heterocycles. The molecule has 0 saturated heterocycles. The standard InChI is InChI=1S/C14H20N4O2/c1-8(2)20-11-6-4-5-10-13(11)17-14(16)18(10)9(3)7-12(15)19/h4-6,8-9H,7H2,1-3H3,(H2,15,19)(H2,16,17). The number of hydrogen-bond donors (Lipinski definition) is 2. The third-order valence-electron chi connectivity index (χ3n) is 3.01. The Labute approximate surface area is 117 Å². The number of fused-ring (bicyclic) bond motifs is 1. The first-order valence-electron chi connectivity index (χ1n) is 6.61. The Kier molecular flexibility index (Phi) is 3.83. The second-order valence-electron chi connectivity index (χ2n) is 5.15. The van der Waals surface area contributed by atoms with Gasteiger partial charge >= 0.3 is 0 Å². The van der Waals surface area contributed by atoms with Crippen LogP contribution in [0, 0.1) is 0 Å². The SMILES string of the molecule is CC(C)Oc1cccc2c1nc(N)n2C(C)CC(N)=O. The summed E-state index contributed by atoms with van der Waals surface area (Å²) < 4.78 is 7.55. The molecule has 2 aromatic rings. The van der Waals surface area contributed by atoms with Crippen LogP contribution in [0.15, 0.2) is 18.2 Å². The fourth-order valence-electron chi connectivity index (χ4n) is 2.30. The van der Waals surface area contributed by atoms with E-state index in [1.54, 1.807) is 0 Å². The third-order valence-corrected chi connectivity index (χ3v) is 3.01. The van der Waals surface area contributed by atoms with Gasteiger partial charge in [-0.2, -0.15) is 0 Å². The molecule has 20 heavy (non-hydrogen) atoms. The summed E-state index contributed by atoms with van der Waals surface area (Å²) in [5.74, 6) is 0.677. The van der Waals surface area contributed by atoms with Crippen molar-refractivity contribution in [1.29, 1.82) is 0 Å². The lowest BCUT2D eigenvalue weighted by atomic mass is 10.2. The minimum Gasteiger partial charge on any atom is -0.489 e. The van der Waals surface area contributed by atoms with Gasteiger partial charge in [0.2, 0.25) is 11.9 Å². The molecule has 1 aromatic carbocycles. The van der Waals surface area contributed by atoms with E-state index in [1.807, 2.05) is 43.5 Å². The highest BCUT2D eigenvalue weighted by atomic mass is 16.5. The average molecular weight is 276 g/mol. The maximum absolute atomic E-state index is 11.1. The second kappa shape index (κ2) is 5.40. The fraction of sp³-hybridized carbons (Fsp3) is 0.429. The van der Waals surface area contributed by atoms with Crippen LogP contribution < -0.4 is 16.2 Å². The predicted octanol–water partition coefficient (Wildman–Crippen LogP) is 1.84. The number of amides is 1. The highest BCUT2D eigenvalue weighted by Gasteiger charge is 2.18. The summed E-state index contributed by atoms with van der Waals surface area (Å²) in [6, 6.07) is 5.50. The van der Waals surface area contributed by atoms with Crippen molar-refractivity contribution in [2.24, 2.45) is 5.73 Å². The molecule has 0 radical (unpaired) electrons. The van der Waals surface area contributed by atoms with E-state index in [0.717, 1.165) is 5.52 Å². The first-order valence-corrected chi connectivity index (χ1v) is 6.61. The van der Waals surface area contributed by atoms with Crippen molar-refractivity contribution in [2.75, 3.05) is 5.73 Å². The number of carbonyl (C=O) groups is 1. The lowest BCUT2D eigenvalue weighted by Gasteiger charge is -2.14. The number of ether oxygens (including phenoxy) is 1. The monoisotopic (exact) mass is 276 g/mol. The maximum atomic E-state index is 11.1. The molecule has 0 fully saturated rings. The molecule has 0 spiro atoms. The number of nitrogens with two attached hydrogens (primary N) is 2. The molecule has 1 amide bonds. The predicted molar refractivity (Wildman–Crippen MR) is 78.4 cm³/mol. The van der Waals surface area contributed by atoms with Gasteiger partial charge in [0.15, 0.2) is 0 Å². The smallest absolute Gasteiger partial charge is 0.219 e. The van der Waals surface area contributed by atoms with Crippen LogP contribution in [0.4, 0.5) is 5.95 Å². The number of hydrogen-bond acceptors (Lipinski definition) is 4. The molecule has 0 saturated carbocycles. The number of nitrogens with zero attached hydrogens (tertiary/aromatic N) is 2. The van der Waals surface area contributed by atoms with E-state index >= 15 is 0 Å². The van der Waals surface area contributed by atoms with Gasteiger partial charge in [0.05, 0.1) is 11.6 Å². The zero-order chi connectivity index (χ0) is 14.9. The zero-order valence-electron chi connectivity index (χ0n) is 12.0. The van der Waals surface area contributed by atoms with Crippen LogP contribution in [0.5, 0.6) is 5.75 Å². The van der Waals surface area contributed by atoms with E-state index in [0.29, 0.717) is 17.2 Å². The van der Waals surface area contributed by atoms with E-state index < -0.39 is 0 Å². The third kappa shape index (κ3) is 2.68. The molecule has 1 aromatic heterocycles. The van der Waals surface area contributed by atoms with E-state index in [1.165, 1.54) is 0 Å². The Morgan fingerprint density at radius 2 is 2.10 bits per heavy atom. The number of rotatable bonds is 5. The summed E-state index contributed by atoms with van der Waals surface area (Å²) >= 11 is 0. The molecule has 0 aliphatic carbocycles. The van der Waals surface area contributed by atoms with Gasteiger partial charge in [0.25, 0.3) is 0 Å². The first-order chi connectivity index (χ1) is 9.40. The van der Waals surface area contributed by atoms with Gasteiger partial charge < -0.3 is 20.8 Å². The number of nitrogen functional groups attached to an aromatic ring is 1. The lowest BCUT2D eigenvalue weighted by Crippen LogP contribution is -2.18. The van der Waals surface area contributed by atoms with Crippen LogP contribution >= 0.6 is 0 Å². The van der Waals surface area contributed by atoms with Crippen LogP contribution in [-0.2, 0) is 4.79 Å².